The van der Waals surface area contributed by atoms with Crippen molar-refractivity contribution in [2.24, 2.45) is 0 Å². The van der Waals surface area contributed by atoms with E-state index in [-0.39, 0.29) is 30.2 Å². The number of rotatable bonds is 6. The molecule has 1 aliphatic rings. The molecule has 0 bridgehead atoms. The lowest BCUT2D eigenvalue weighted by Crippen LogP contribution is -3.16. The number of hydrogen-bond donors (Lipinski definition) is 2. The number of nitrogens with zero attached hydrogens (tertiary/aromatic N) is 1. The van der Waals surface area contributed by atoms with Crippen LogP contribution >= 0.6 is 0 Å². The van der Waals surface area contributed by atoms with Gasteiger partial charge in [0.2, 0.25) is 5.91 Å². The molecule has 2 aromatic rings. The van der Waals surface area contributed by atoms with Crippen molar-refractivity contribution in [1.82, 2.24) is 0 Å². The summed E-state index contributed by atoms with van der Waals surface area (Å²) in [4.78, 5) is 40.0. The van der Waals surface area contributed by atoms with Crippen LogP contribution in [0.5, 0.6) is 0 Å². The predicted molar refractivity (Wildman–Crippen MR) is 104 cm³/mol. The lowest BCUT2D eigenvalue weighted by atomic mass is 10.2. The average Bonchev–Trinajstić information content (AvgIpc) is 2.98. The molecule has 6 nitrogen and oxygen atoms in total. The van der Waals surface area contributed by atoms with Crippen LogP contribution in [0.1, 0.15) is 30.6 Å². The number of likely N-dealkylation sites (N-methyl/N-ethyl adjacent to an activating group) is 1. The number of benzene rings is 2. The molecule has 1 unspecified atom stereocenters. The minimum absolute atomic E-state index is 0.176. The Morgan fingerprint density at radius 2 is 1.78 bits per heavy atom. The second-order valence-electron chi connectivity index (χ2n) is 6.56. The van der Waals surface area contributed by atoms with E-state index in [1.807, 2.05) is 19.9 Å². The first kappa shape index (κ1) is 18.8. The van der Waals surface area contributed by atoms with Crippen LogP contribution in [0.3, 0.4) is 0 Å². The number of carbonyl (C=O) groups excluding carboxylic acids is 3. The average molecular weight is 366 g/mol. The topological polar surface area (TPSA) is 70.9 Å². The van der Waals surface area contributed by atoms with E-state index in [0.29, 0.717) is 16.9 Å². The molecule has 140 valence electrons. The highest BCUT2D eigenvalue weighted by atomic mass is 16.2. The Balaban J connectivity index is 1.80. The van der Waals surface area contributed by atoms with E-state index in [1.54, 1.807) is 48.5 Å². The lowest BCUT2D eigenvalue weighted by Gasteiger charge is -2.21. The summed E-state index contributed by atoms with van der Waals surface area (Å²) >= 11 is 0. The third-order valence-corrected chi connectivity index (χ3v) is 4.95. The minimum atomic E-state index is -0.338. The Hall–Kier alpha value is -2.99. The number of imide groups is 1. The van der Waals surface area contributed by atoms with Gasteiger partial charge in [-0.25, -0.2) is 4.90 Å². The maximum absolute atomic E-state index is 12.8. The molecule has 6 heteroatoms. The maximum Gasteiger partial charge on any atom is 0.292 e. The first-order chi connectivity index (χ1) is 13.0. The number of carbonyl (C=O) groups is 3. The Labute approximate surface area is 158 Å². The van der Waals surface area contributed by atoms with Gasteiger partial charge < -0.3 is 10.2 Å². The van der Waals surface area contributed by atoms with Crippen molar-refractivity contribution >= 4 is 29.1 Å². The van der Waals surface area contributed by atoms with Crippen LogP contribution in [0.15, 0.2) is 54.6 Å². The van der Waals surface area contributed by atoms with Gasteiger partial charge in [-0.2, -0.15) is 0 Å². The second-order valence-corrected chi connectivity index (χ2v) is 6.56. The van der Waals surface area contributed by atoms with Gasteiger partial charge in [-0.3, -0.25) is 14.4 Å². The largest absolute Gasteiger partial charge is 0.325 e. The predicted octanol–water partition coefficient (Wildman–Crippen LogP) is 1.50. The summed E-state index contributed by atoms with van der Waals surface area (Å²) in [7, 11) is 0. The zero-order chi connectivity index (χ0) is 19.4. The van der Waals surface area contributed by atoms with Crippen LogP contribution in [0.25, 0.3) is 0 Å². The zero-order valence-electron chi connectivity index (χ0n) is 15.6. The van der Waals surface area contributed by atoms with E-state index in [0.717, 1.165) is 18.0 Å². The van der Waals surface area contributed by atoms with Crippen LogP contribution < -0.4 is 15.1 Å². The highest BCUT2D eigenvalue weighted by molar-refractivity contribution is 6.22. The van der Waals surface area contributed by atoms with Gasteiger partial charge in [0, 0.05) is 11.3 Å². The molecule has 2 N–H and O–H groups in total. The Kier molecular flexibility index (Phi) is 5.66. The molecule has 27 heavy (non-hydrogen) atoms. The standard InChI is InChI=1S/C21H23N3O3/c1-3-23(4-2)18-14-19(25)24(21(18)27)17-12-8-11-16(13-17)22-20(26)15-9-6-5-7-10-15/h5-13,18H,3-4,14H2,1-2H3,(H,22,26)/p+1. The smallest absolute Gasteiger partial charge is 0.292 e. The van der Waals surface area contributed by atoms with E-state index in [2.05, 4.69) is 5.32 Å². The van der Waals surface area contributed by atoms with Crippen LogP contribution in [-0.2, 0) is 9.59 Å². The first-order valence-corrected chi connectivity index (χ1v) is 9.23. The Morgan fingerprint density at radius 3 is 2.44 bits per heavy atom. The van der Waals surface area contributed by atoms with Gasteiger partial charge >= 0.3 is 0 Å². The number of anilines is 2. The highest BCUT2D eigenvalue weighted by Crippen LogP contribution is 2.25. The highest BCUT2D eigenvalue weighted by Gasteiger charge is 2.44. The van der Waals surface area contributed by atoms with Crippen LogP contribution in [0.2, 0.25) is 0 Å². The van der Waals surface area contributed by atoms with Crippen molar-refractivity contribution < 1.29 is 19.3 Å². The van der Waals surface area contributed by atoms with Crippen molar-refractivity contribution in [3.63, 3.8) is 0 Å². The van der Waals surface area contributed by atoms with Gasteiger partial charge in [0.05, 0.1) is 25.2 Å². The molecule has 2 aromatic carbocycles. The van der Waals surface area contributed by atoms with E-state index in [4.69, 9.17) is 0 Å². The minimum Gasteiger partial charge on any atom is -0.325 e. The molecule has 0 aromatic heterocycles. The normalized spacial score (nSPS) is 16.9. The molecule has 0 radical (unpaired) electrons. The van der Waals surface area contributed by atoms with Gasteiger partial charge in [0.25, 0.3) is 11.8 Å². The van der Waals surface area contributed by atoms with Gasteiger partial charge in [0.1, 0.15) is 0 Å². The fourth-order valence-corrected chi connectivity index (χ4v) is 3.48. The molecule has 0 aliphatic carbocycles. The maximum atomic E-state index is 12.8. The molecule has 0 saturated carbocycles. The number of hydrogen-bond acceptors (Lipinski definition) is 3. The molecule has 1 aliphatic heterocycles. The SMILES string of the molecule is CC[NH+](CC)C1CC(=O)N(c2cccc(NC(=O)c3ccccc3)c2)C1=O. The van der Waals surface area contributed by atoms with E-state index < -0.39 is 0 Å². The summed E-state index contributed by atoms with van der Waals surface area (Å²) in [6, 6.07) is 15.4. The zero-order valence-corrected chi connectivity index (χ0v) is 15.6. The van der Waals surface area contributed by atoms with Crippen molar-refractivity contribution in [3.8, 4) is 0 Å². The molecular formula is C21H24N3O3+. The number of quaternary nitrogens is 1. The van der Waals surface area contributed by atoms with Crippen LogP contribution in [0, 0.1) is 0 Å². The van der Waals surface area contributed by atoms with Crippen LogP contribution in [-0.4, -0.2) is 36.9 Å². The van der Waals surface area contributed by atoms with Crippen molar-refractivity contribution in [1.29, 1.82) is 0 Å². The molecule has 0 spiro atoms. The van der Waals surface area contributed by atoms with Crippen molar-refractivity contribution in [2.75, 3.05) is 23.3 Å². The molecule has 1 fully saturated rings. The summed E-state index contributed by atoms with van der Waals surface area (Å²) in [5, 5.41) is 2.81. The summed E-state index contributed by atoms with van der Waals surface area (Å²) < 4.78 is 0. The summed E-state index contributed by atoms with van der Waals surface area (Å²) in [5.41, 5.74) is 1.58. The molecule has 3 rings (SSSR count). The Bertz CT molecular complexity index is 847. The summed E-state index contributed by atoms with van der Waals surface area (Å²) in [5.74, 6) is -0.613. The number of amides is 3. The fourth-order valence-electron chi connectivity index (χ4n) is 3.48. The van der Waals surface area contributed by atoms with Crippen LogP contribution in [0.4, 0.5) is 11.4 Å². The van der Waals surface area contributed by atoms with Gasteiger partial charge in [-0.05, 0) is 44.2 Å². The van der Waals surface area contributed by atoms with Gasteiger partial charge in [-0.1, -0.05) is 24.3 Å². The summed E-state index contributed by atoms with van der Waals surface area (Å²) in [6.07, 6.45) is 0.219. The van der Waals surface area contributed by atoms with Crippen molar-refractivity contribution in [2.45, 2.75) is 26.3 Å². The summed E-state index contributed by atoms with van der Waals surface area (Å²) in [6.45, 7) is 5.61. The lowest BCUT2D eigenvalue weighted by molar-refractivity contribution is -0.911. The second kappa shape index (κ2) is 8.14. The number of nitrogens with one attached hydrogen (secondary N) is 2. The van der Waals surface area contributed by atoms with Gasteiger partial charge in [0.15, 0.2) is 6.04 Å². The molecular weight excluding hydrogens is 342 g/mol. The van der Waals surface area contributed by atoms with E-state index in [9.17, 15) is 14.4 Å². The van der Waals surface area contributed by atoms with E-state index in [1.165, 1.54) is 4.90 Å². The monoisotopic (exact) mass is 366 g/mol. The molecule has 1 atom stereocenters. The third-order valence-electron chi connectivity index (χ3n) is 4.95. The Morgan fingerprint density at radius 1 is 1.07 bits per heavy atom. The molecule has 3 amide bonds. The first-order valence-electron chi connectivity index (χ1n) is 9.23. The molecule has 1 heterocycles. The third kappa shape index (κ3) is 3.90. The van der Waals surface area contributed by atoms with E-state index >= 15 is 0 Å². The quantitative estimate of drug-likeness (QED) is 0.761. The molecule has 1 saturated heterocycles. The van der Waals surface area contributed by atoms with Gasteiger partial charge in [-0.15, -0.1) is 0 Å². The van der Waals surface area contributed by atoms with Crippen molar-refractivity contribution in [3.05, 3.63) is 60.2 Å². The fraction of sp³-hybridized carbons (Fsp3) is 0.286.